The third-order valence-electron chi connectivity index (χ3n) is 5.28. The molecule has 1 fully saturated rings. The number of hydrogen-bond donors (Lipinski definition) is 2. The van der Waals surface area contributed by atoms with E-state index in [1.165, 1.54) is 6.07 Å². The van der Waals surface area contributed by atoms with Crippen LogP contribution in [0.5, 0.6) is 0 Å². The summed E-state index contributed by atoms with van der Waals surface area (Å²) in [7, 11) is 0. The molecule has 1 heterocycles. The van der Waals surface area contributed by atoms with E-state index < -0.39 is 0 Å². The van der Waals surface area contributed by atoms with E-state index in [2.05, 4.69) is 5.32 Å². The minimum Gasteiger partial charge on any atom is -0.331 e. The van der Waals surface area contributed by atoms with E-state index in [-0.39, 0.29) is 24.1 Å². The van der Waals surface area contributed by atoms with Gasteiger partial charge in [-0.3, -0.25) is 9.59 Å². The Kier molecular flexibility index (Phi) is 6.41. The van der Waals surface area contributed by atoms with Crippen molar-refractivity contribution in [3.63, 3.8) is 0 Å². The molecule has 5 nitrogen and oxygen atoms in total. The fraction of sp³-hybridized carbons (Fsp3) is 0.364. The van der Waals surface area contributed by atoms with Crippen molar-refractivity contribution in [1.29, 1.82) is 0 Å². The molecule has 0 aromatic heterocycles. The number of benzene rings is 2. The molecule has 2 aromatic rings. The van der Waals surface area contributed by atoms with Gasteiger partial charge < -0.3 is 15.1 Å². The summed E-state index contributed by atoms with van der Waals surface area (Å²) in [5.74, 6) is -0.425. The van der Waals surface area contributed by atoms with Crippen LogP contribution >= 0.6 is 0 Å². The van der Waals surface area contributed by atoms with Crippen molar-refractivity contribution in [1.82, 2.24) is 4.90 Å². The summed E-state index contributed by atoms with van der Waals surface area (Å²) in [6, 6.07) is 12.3. The number of para-hydroxylation sites is 1. The van der Waals surface area contributed by atoms with Gasteiger partial charge in [0.2, 0.25) is 5.91 Å². The number of piperazine rings is 1. The van der Waals surface area contributed by atoms with Crippen LogP contribution in [0, 0.1) is 19.7 Å². The van der Waals surface area contributed by atoms with Gasteiger partial charge in [0, 0.05) is 5.69 Å². The predicted molar refractivity (Wildman–Crippen MR) is 107 cm³/mol. The summed E-state index contributed by atoms with van der Waals surface area (Å²) >= 11 is 0. The van der Waals surface area contributed by atoms with Crippen LogP contribution in [-0.2, 0) is 16.0 Å². The molecule has 3 rings (SSSR count). The number of nitrogens with zero attached hydrogens (tertiary/aromatic N) is 1. The first kappa shape index (κ1) is 20.0. The highest BCUT2D eigenvalue weighted by Crippen LogP contribution is 2.18. The molecule has 2 N–H and O–H groups in total. The molecule has 1 aliphatic heterocycles. The minimum absolute atomic E-state index is 0.0152. The highest BCUT2D eigenvalue weighted by atomic mass is 19.1. The summed E-state index contributed by atoms with van der Waals surface area (Å²) < 4.78 is 13.7. The molecule has 0 atom stereocenters. The average Bonchev–Trinajstić information content (AvgIpc) is 2.67. The first-order valence-corrected chi connectivity index (χ1v) is 9.65. The molecule has 0 spiro atoms. The van der Waals surface area contributed by atoms with Crippen LogP contribution in [-0.4, -0.2) is 49.4 Å². The van der Waals surface area contributed by atoms with E-state index in [1.807, 2.05) is 32.0 Å². The van der Waals surface area contributed by atoms with Crippen molar-refractivity contribution in [3.8, 4) is 0 Å². The van der Waals surface area contributed by atoms with Crippen molar-refractivity contribution in [2.24, 2.45) is 0 Å². The first-order chi connectivity index (χ1) is 13.4. The number of nitrogens with one attached hydrogen (secondary N) is 2. The second kappa shape index (κ2) is 8.97. The number of rotatable bonds is 5. The van der Waals surface area contributed by atoms with Crippen LogP contribution in [0.25, 0.3) is 0 Å². The lowest BCUT2D eigenvalue weighted by atomic mass is 10.1. The Hall–Kier alpha value is -2.73. The Labute approximate surface area is 165 Å². The average molecular weight is 384 g/mol. The highest BCUT2D eigenvalue weighted by Gasteiger charge is 2.25. The smallest absolute Gasteiger partial charge is 0.279 e. The highest BCUT2D eigenvalue weighted by molar-refractivity contribution is 5.93. The predicted octanol–water partition coefficient (Wildman–Crippen LogP) is 1.35. The van der Waals surface area contributed by atoms with Crippen molar-refractivity contribution in [3.05, 3.63) is 65.0 Å². The second-order valence-electron chi connectivity index (χ2n) is 7.39. The number of aryl methyl sites for hydroxylation is 2. The van der Waals surface area contributed by atoms with E-state index in [0.29, 0.717) is 38.3 Å². The van der Waals surface area contributed by atoms with Gasteiger partial charge in [0.25, 0.3) is 5.91 Å². The fourth-order valence-corrected chi connectivity index (χ4v) is 3.59. The van der Waals surface area contributed by atoms with Gasteiger partial charge in [0.1, 0.15) is 5.82 Å². The maximum Gasteiger partial charge on any atom is 0.279 e. The van der Waals surface area contributed by atoms with Crippen LogP contribution in [0.3, 0.4) is 0 Å². The van der Waals surface area contributed by atoms with Crippen LogP contribution in [0.4, 0.5) is 10.1 Å². The van der Waals surface area contributed by atoms with Crippen LogP contribution in [0.2, 0.25) is 0 Å². The third-order valence-corrected chi connectivity index (χ3v) is 5.28. The van der Waals surface area contributed by atoms with Gasteiger partial charge in [-0.25, -0.2) is 4.39 Å². The monoisotopic (exact) mass is 384 g/mol. The van der Waals surface area contributed by atoms with Gasteiger partial charge >= 0.3 is 0 Å². The molecule has 0 bridgehead atoms. The summed E-state index contributed by atoms with van der Waals surface area (Å²) in [5, 5.41) is 3.02. The van der Waals surface area contributed by atoms with Crippen LogP contribution in [0.1, 0.15) is 16.7 Å². The lowest BCUT2D eigenvalue weighted by Crippen LogP contribution is -3.15. The number of anilines is 1. The van der Waals surface area contributed by atoms with E-state index >= 15 is 0 Å². The number of halogens is 1. The molecular formula is C22H27FN3O2+. The number of hydrogen-bond acceptors (Lipinski definition) is 2. The Morgan fingerprint density at radius 2 is 1.68 bits per heavy atom. The number of carbonyl (C=O) groups excluding carboxylic acids is 2. The molecule has 2 amide bonds. The third kappa shape index (κ3) is 4.95. The zero-order valence-corrected chi connectivity index (χ0v) is 16.4. The zero-order chi connectivity index (χ0) is 20.1. The van der Waals surface area contributed by atoms with Gasteiger partial charge in [0.15, 0.2) is 6.54 Å². The SMILES string of the molecule is Cc1cccc(C)c1NC(=O)C[NH+]1CCN(C(=O)Cc2ccccc2F)CC1. The normalized spacial score (nSPS) is 14.8. The quantitative estimate of drug-likeness (QED) is 0.818. The van der Waals surface area contributed by atoms with Crippen molar-refractivity contribution in [2.45, 2.75) is 20.3 Å². The maximum atomic E-state index is 13.7. The molecule has 28 heavy (non-hydrogen) atoms. The summed E-state index contributed by atoms with van der Waals surface area (Å²) in [6.45, 7) is 6.93. The number of quaternary nitrogens is 1. The summed E-state index contributed by atoms with van der Waals surface area (Å²) in [6.07, 6.45) is 0.0784. The van der Waals surface area contributed by atoms with Gasteiger partial charge in [-0.15, -0.1) is 0 Å². The number of carbonyl (C=O) groups is 2. The molecule has 0 unspecified atom stereocenters. The van der Waals surface area contributed by atoms with Crippen molar-refractivity contribution in [2.75, 3.05) is 38.0 Å². The number of amides is 2. The largest absolute Gasteiger partial charge is 0.331 e. The fourth-order valence-electron chi connectivity index (χ4n) is 3.59. The van der Waals surface area contributed by atoms with Gasteiger partial charge in [0.05, 0.1) is 32.6 Å². The first-order valence-electron chi connectivity index (χ1n) is 9.65. The van der Waals surface area contributed by atoms with Crippen molar-refractivity contribution < 1.29 is 18.9 Å². The van der Waals surface area contributed by atoms with Crippen LogP contribution in [0.15, 0.2) is 42.5 Å². The van der Waals surface area contributed by atoms with E-state index in [9.17, 15) is 14.0 Å². The van der Waals surface area contributed by atoms with E-state index in [1.54, 1.807) is 23.1 Å². The van der Waals surface area contributed by atoms with Gasteiger partial charge in [-0.1, -0.05) is 36.4 Å². The molecule has 0 aliphatic carbocycles. The molecule has 6 heteroatoms. The Balaban J connectivity index is 1.48. The molecule has 0 radical (unpaired) electrons. The van der Waals surface area contributed by atoms with E-state index in [0.717, 1.165) is 21.7 Å². The van der Waals surface area contributed by atoms with Crippen molar-refractivity contribution >= 4 is 17.5 Å². The van der Waals surface area contributed by atoms with Gasteiger partial charge in [-0.2, -0.15) is 0 Å². The Morgan fingerprint density at radius 3 is 2.32 bits per heavy atom. The molecule has 1 saturated heterocycles. The molecular weight excluding hydrogens is 357 g/mol. The summed E-state index contributed by atoms with van der Waals surface area (Å²) in [5.41, 5.74) is 3.40. The molecule has 1 aliphatic rings. The summed E-state index contributed by atoms with van der Waals surface area (Å²) in [4.78, 5) is 27.8. The topological polar surface area (TPSA) is 53.9 Å². The minimum atomic E-state index is -0.344. The lowest BCUT2D eigenvalue weighted by Gasteiger charge is -2.32. The van der Waals surface area contributed by atoms with E-state index in [4.69, 9.17) is 0 Å². The second-order valence-corrected chi connectivity index (χ2v) is 7.39. The van der Waals surface area contributed by atoms with Crippen LogP contribution < -0.4 is 10.2 Å². The molecule has 2 aromatic carbocycles. The molecule has 148 valence electrons. The van der Waals surface area contributed by atoms with Gasteiger partial charge in [-0.05, 0) is 36.6 Å². The lowest BCUT2D eigenvalue weighted by molar-refractivity contribution is -0.895. The Morgan fingerprint density at radius 1 is 1.04 bits per heavy atom. The Bertz CT molecular complexity index is 840. The molecule has 0 saturated carbocycles. The maximum absolute atomic E-state index is 13.7. The zero-order valence-electron chi connectivity index (χ0n) is 16.4. The standard InChI is InChI=1S/C22H26FN3O2/c1-16-6-5-7-17(2)22(16)24-20(27)15-25-10-12-26(13-11-25)21(28)14-18-8-3-4-9-19(18)23/h3-9H,10-15H2,1-2H3,(H,24,27)/p+1.